The van der Waals surface area contributed by atoms with Crippen molar-refractivity contribution in [2.45, 2.75) is 38.7 Å². The van der Waals surface area contributed by atoms with E-state index in [1.807, 2.05) is 0 Å². The van der Waals surface area contributed by atoms with Gasteiger partial charge in [0.25, 0.3) is 0 Å². The Morgan fingerprint density at radius 1 is 1.11 bits per heavy atom. The number of hydrogen-bond donors (Lipinski definition) is 0. The van der Waals surface area contributed by atoms with Crippen LogP contribution in [0.5, 0.6) is 0 Å². The van der Waals surface area contributed by atoms with Crippen LogP contribution in [0.2, 0.25) is 0 Å². The van der Waals surface area contributed by atoms with Gasteiger partial charge in [-0.2, -0.15) is 0 Å². The van der Waals surface area contributed by atoms with Gasteiger partial charge in [-0.25, -0.2) is 0 Å². The van der Waals surface area contributed by atoms with Gasteiger partial charge in [0.05, 0.1) is 0 Å². The molecule has 0 N–H and O–H groups in total. The quantitative estimate of drug-likeness (QED) is 0.481. The maximum absolute atomic E-state index is 10.7. The van der Waals surface area contributed by atoms with Crippen LogP contribution in [0.15, 0.2) is 0 Å². The Kier molecular flexibility index (Phi) is 6.90. The first-order valence-electron chi connectivity index (χ1n) is 3.45. The SMILES string of the molecule is CC1CCC([O-])CC1.[Cs+]. The van der Waals surface area contributed by atoms with Crippen molar-refractivity contribution in [2.75, 3.05) is 0 Å². The van der Waals surface area contributed by atoms with Crippen LogP contribution in [-0.2, 0) is 0 Å². The average molecular weight is 246 g/mol. The standard InChI is InChI=1S/C7H13O.Cs/c1-6-2-4-7(8)5-3-6;/h6-7H,2-5H2,1H3;/q-1;+1. The van der Waals surface area contributed by atoms with Crippen molar-refractivity contribution in [3.63, 3.8) is 0 Å². The van der Waals surface area contributed by atoms with E-state index >= 15 is 0 Å². The van der Waals surface area contributed by atoms with Crippen LogP contribution in [0, 0.1) is 5.92 Å². The van der Waals surface area contributed by atoms with Crippen molar-refractivity contribution in [3.05, 3.63) is 0 Å². The van der Waals surface area contributed by atoms with Crippen LogP contribution in [0.4, 0.5) is 0 Å². The molecule has 0 spiro atoms. The van der Waals surface area contributed by atoms with Gasteiger partial charge in [0.15, 0.2) is 0 Å². The Morgan fingerprint density at radius 3 is 1.89 bits per heavy atom. The van der Waals surface area contributed by atoms with Crippen LogP contribution in [0.3, 0.4) is 0 Å². The monoisotopic (exact) mass is 246 g/mol. The fourth-order valence-electron chi connectivity index (χ4n) is 1.23. The molecule has 1 aliphatic carbocycles. The maximum Gasteiger partial charge on any atom is 1.00 e. The molecular weight excluding hydrogens is 233 g/mol. The second-order valence-corrected chi connectivity index (χ2v) is 2.88. The molecule has 2 heteroatoms. The maximum atomic E-state index is 10.7. The normalized spacial score (nSPS) is 35.3. The molecule has 0 bridgehead atoms. The summed E-state index contributed by atoms with van der Waals surface area (Å²) in [7, 11) is 0. The molecule has 48 valence electrons. The van der Waals surface area contributed by atoms with E-state index in [0.29, 0.717) is 0 Å². The van der Waals surface area contributed by atoms with Gasteiger partial charge in [0, 0.05) is 0 Å². The molecule has 0 aromatic heterocycles. The van der Waals surface area contributed by atoms with Crippen LogP contribution in [0.25, 0.3) is 0 Å². The molecule has 1 saturated carbocycles. The second kappa shape index (κ2) is 5.64. The smallest absolute Gasteiger partial charge is 0.852 e. The summed E-state index contributed by atoms with van der Waals surface area (Å²) in [6.45, 7) is 2.23. The van der Waals surface area contributed by atoms with Crippen molar-refractivity contribution in [3.8, 4) is 0 Å². The number of rotatable bonds is 0. The van der Waals surface area contributed by atoms with E-state index in [2.05, 4.69) is 6.92 Å². The molecule has 1 nitrogen and oxygen atoms in total. The third-order valence-electron chi connectivity index (χ3n) is 1.96. The largest absolute Gasteiger partial charge is 1.00 e. The van der Waals surface area contributed by atoms with Crippen molar-refractivity contribution < 1.29 is 74.0 Å². The molecule has 0 aromatic rings. The Hall–Kier alpha value is 2.01. The average Bonchev–Trinajstić information content (AvgIpc) is 1.77. The first-order chi connectivity index (χ1) is 3.79. The number of hydrogen-bond acceptors (Lipinski definition) is 1. The predicted molar refractivity (Wildman–Crippen MR) is 31.4 cm³/mol. The Bertz CT molecular complexity index is 57.3. The summed E-state index contributed by atoms with van der Waals surface area (Å²) in [5, 5.41) is 10.7. The van der Waals surface area contributed by atoms with Gasteiger partial charge in [-0.05, 0) is 5.92 Å². The van der Waals surface area contributed by atoms with E-state index in [4.69, 9.17) is 0 Å². The topological polar surface area (TPSA) is 23.1 Å². The van der Waals surface area contributed by atoms with E-state index in [1.54, 1.807) is 0 Å². The summed E-state index contributed by atoms with van der Waals surface area (Å²) in [6, 6.07) is 0. The molecule has 0 amide bonds. The molecule has 0 radical (unpaired) electrons. The van der Waals surface area contributed by atoms with Crippen LogP contribution in [0.1, 0.15) is 32.6 Å². The van der Waals surface area contributed by atoms with Crippen molar-refractivity contribution >= 4 is 0 Å². The second-order valence-electron chi connectivity index (χ2n) is 2.88. The van der Waals surface area contributed by atoms with Crippen LogP contribution in [-0.4, -0.2) is 6.10 Å². The zero-order chi connectivity index (χ0) is 5.98. The summed E-state index contributed by atoms with van der Waals surface area (Å²) in [4.78, 5) is 0. The molecule has 9 heavy (non-hydrogen) atoms. The molecule has 0 heterocycles. The van der Waals surface area contributed by atoms with E-state index in [1.165, 1.54) is 0 Å². The summed E-state index contributed by atoms with van der Waals surface area (Å²) in [6.07, 6.45) is 3.93. The fourth-order valence-corrected chi connectivity index (χ4v) is 1.23. The van der Waals surface area contributed by atoms with Crippen molar-refractivity contribution in [1.29, 1.82) is 0 Å². The molecule has 0 aliphatic heterocycles. The third-order valence-corrected chi connectivity index (χ3v) is 1.96. The van der Waals surface area contributed by atoms with Crippen molar-refractivity contribution in [1.82, 2.24) is 0 Å². The first-order valence-corrected chi connectivity index (χ1v) is 3.45. The molecule has 1 aliphatic rings. The first kappa shape index (κ1) is 11.0. The van der Waals surface area contributed by atoms with Gasteiger partial charge in [-0.15, -0.1) is 6.10 Å². The zero-order valence-electron chi connectivity index (χ0n) is 6.39. The minimum atomic E-state index is -0.230. The summed E-state index contributed by atoms with van der Waals surface area (Å²) in [5.74, 6) is 0.820. The molecule has 0 atom stereocenters. The molecule has 1 fully saturated rings. The Balaban J connectivity index is 0.000000640. The summed E-state index contributed by atoms with van der Waals surface area (Å²) < 4.78 is 0. The van der Waals surface area contributed by atoms with Gasteiger partial charge in [-0.3, -0.25) is 0 Å². The fraction of sp³-hybridized carbons (Fsp3) is 1.00. The predicted octanol–water partition coefficient (Wildman–Crippen LogP) is -2.07. The zero-order valence-corrected chi connectivity index (χ0v) is 12.7. The molecule has 0 unspecified atom stereocenters. The van der Waals surface area contributed by atoms with E-state index in [9.17, 15) is 5.11 Å². The van der Waals surface area contributed by atoms with Crippen LogP contribution >= 0.6 is 0 Å². The molecule has 1 rings (SSSR count). The Labute approximate surface area is 116 Å². The van der Waals surface area contributed by atoms with Gasteiger partial charge < -0.3 is 5.11 Å². The van der Waals surface area contributed by atoms with E-state index < -0.39 is 0 Å². The molecule has 0 aromatic carbocycles. The van der Waals surface area contributed by atoms with E-state index in [0.717, 1.165) is 31.6 Å². The molecular formula is C7H13CsO. The minimum Gasteiger partial charge on any atom is -0.852 e. The van der Waals surface area contributed by atoms with E-state index in [-0.39, 0.29) is 75.0 Å². The summed E-state index contributed by atoms with van der Waals surface area (Å²) >= 11 is 0. The third kappa shape index (κ3) is 4.45. The van der Waals surface area contributed by atoms with Gasteiger partial charge in [0.1, 0.15) is 0 Å². The van der Waals surface area contributed by atoms with Gasteiger partial charge in [-0.1, -0.05) is 32.6 Å². The molecule has 0 saturated heterocycles. The Morgan fingerprint density at radius 2 is 1.56 bits per heavy atom. The summed E-state index contributed by atoms with van der Waals surface area (Å²) in [5.41, 5.74) is 0. The van der Waals surface area contributed by atoms with Crippen molar-refractivity contribution in [2.24, 2.45) is 5.92 Å². The van der Waals surface area contributed by atoms with Gasteiger partial charge in [0.2, 0.25) is 0 Å². The van der Waals surface area contributed by atoms with Gasteiger partial charge >= 0.3 is 68.9 Å². The minimum absolute atomic E-state index is 0. The van der Waals surface area contributed by atoms with Crippen LogP contribution < -0.4 is 74.0 Å².